The molecule has 146 valence electrons. The van der Waals surface area contributed by atoms with E-state index in [1.807, 2.05) is 11.4 Å². The zero-order chi connectivity index (χ0) is 20.1. The van der Waals surface area contributed by atoms with Gasteiger partial charge in [-0.05, 0) is 40.9 Å². The Morgan fingerprint density at radius 2 is 1.93 bits per heavy atom. The van der Waals surface area contributed by atoms with E-state index in [2.05, 4.69) is 20.7 Å². The predicted octanol–water partition coefficient (Wildman–Crippen LogP) is 2.60. The number of hydrogen-bond acceptors (Lipinski definition) is 7. The minimum atomic E-state index is -4.46. The molecule has 0 aliphatic heterocycles. The molecule has 1 N–H and O–H groups in total. The minimum Gasteiger partial charge on any atom is -0.454 e. The van der Waals surface area contributed by atoms with Gasteiger partial charge in [-0.3, -0.25) is 4.79 Å². The summed E-state index contributed by atoms with van der Waals surface area (Å²) in [6.45, 7) is -0.946. The molecule has 0 spiro atoms. The summed E-state index contributed by atoms with van der Waals surface area (Å²) in [5.41, 5.74) is -0.688. The van der Waals surface area contributed by atoms with E-state index in [1.165, 1.54) is 11.3 Å². The SMILES string of the molecule is O=C(COC(=O)Cn1nnc(-c2cccs2)n1)Nc1ccc(C(F)(F)F)cc1. The summed E-state index contributed by atoms with van der Waals surface area (Å²) in [5.74, 6) is -1.10. The Labute approximate surface area is 159 Å². The van der Waals surface area contributed by atoms with Crippen molar-refractivity contribution < 1.29 is 27.5 Å². The van der Waals surface area contributed by atoms with E-state index in [9.17, 15) is 22.8 Å². The maximum absolute atomic E-state index is 12.5. The molecule has 0 saturated carbocycles. The molecule has 0 bridgehead atoms. The average Bonchev–Trinajstić information content (AvgIpc) is 3.31. The Kier molecular flexibility index (Phi) is 5.68. The van der Waals surface area contributed by atoms with Crippen molar-refractivity contribution in [1.82, 2.24) is 20.2 Å². The Morgan fingerprint density at radius 1 is 1.18 bits per heavy atom. The number of aromatic nitrogens is 4. The molecule has 1 amide bonds. The summed E-state index contributed by atoms with van der Waals surface area (Å²) in [5, 5.41) is 15.7. The summed E-state index contributed by atoms with van der Waals surface area (Å²) in [4.78, 5) is 25.3. The highest BCUT2D eigenvalue weighted by Gasteiger charge is 2.30. The lowest BCUT2D eigenvalue weighted by Crippen LogP contribution is -2.23. The predicted molar refractivity (Wildman–Crippen MR) is 92.2 cm³/mol. The van der Waals surface area contributed by atoms with Crippen LogP contribution >= 0.6 is 11.3 Å². The number of anilines is 1. The quantitative estimate of drug-likeness (QED) is 0.626. The fourth-order valence-corrected chi connectivity index (χ4v) is 2.71. The first-order valence-electron chi connectivity index (χ1n) is 7.76. The third-order valence-corrected chi connectivity index (χ3v) is 4.19. The second-order valence-corrected chi connectivity index (χ2v) is 6.35. The van der Waals surface area contributed by atoms with Crippen LogP contribution in [0.1, 0.15) is 5.56 Å². The Balaban J connectivity index is 1.46. The van der Waals surface area contributed by atoms with E-state index >= 15 is 0 Å². The standard InChI is InChI=1S/C16H12F3N5O3S/c17-16(18,19)10-3-5-11(6-4-10)20-13(25)9-27-14(26)8-24-22-15(21-23-24)12-2-1-7-28-12/h1-7H,8-9H2,(H,20,25). The Bertz CT molecular complexity index is 955. The number of nitrogens with zero attached hydrogens (tertiary/aromatic N) is 4. The van der Waals surface area contributed by atoms with Crippen molar-refractivity contribution in [3.63, 3.8) is 0 Å². The summed E-state index contributed by atoms with van der Waals surface area (Å²) in [6.07, 6.45) is -4.46. The molecule has 3 aromatic rings. The number of carbonyl (C=O) groups is 2. The third-order valence-electron chi connectivity index (χ3n) is 3.33. The van der Waals surface area contributed by atoms with Crippen LogP contribution in [0.2, 0.25) is 0 Å². The molecule has 2 aromatic heterocycles. The molecular formula is C16H12F3N5O3S. The molecule has 2 heterocycles. The molecular weight excluding hydrogens is 399 g/mol. The molecule has 3 rings (SSSR count). The van der Waals surface area contributed by atoms with Gasteiger partial charge >= 0.3 is 12.1 Å². The summed E-state index contributed by atoms with van der Waals surface area (Å²) >= 11 is 1.42. The van der Waals surface area contributed by atoms with Crippen molar-refractivity contribution in [2.75, 3.05) is 11.9 Å². The van der Waals surface area contributed by atoms with E-state index in [4.69, 9.17) is 4.74 Å². The number of ether oxygens (including phenoxy) is 1. The van der Waals surface area contributed by atoms with Crippen molar-refractivity contribution in [3.8, 4) is 10.7 Å². The van der Waals surface area contributed by atoms with E-state index in [-0.39, 0.29) is 12.2 Å². The van der Waals surface area contributed by atoms with Crippen LogP contribution in [0.3, 0.4) is 0 Å². The van der Waals surface area contributed by atoms with E-state index in [0.717, 1.165) is 33.9 Å². The van der Waals surface area contributed by atoms with Crippen molar-refractivity contribution in [1.29, 1.82) is 0 Å². The fraction of sp³-hybridized carbons (Fsp3) is 0.188. The van der Waals surface area contributed by atoms with Crippen LogP contribution in [0.4, 0.5) is 18.9 Å². The number of carbonyl (C=O) groups excluding carboxylic acids is 2. The van der Waals surface area contributed by atoms with E-state index < -0.39 is 30.2 Å². The molecule has 8 nitrogen and oxygen atoms in total. The zero-order valence-corrected chi connectivity index (χ0v) is 14.8. The smallest absolute Gasteiger partial charge is 0.416 e. The number of halogens is 3. The molecule has 0 unspecified atom stereocenters. The highest BCUT2D eigenvalue weighted by molar-refractivity contribution is 7.13. The molecule has 0 radical (unpaired) electrons. The molecule has 28 heavy (non-hydrogen) atoms. The summed E-state index contributed by atoms with van der Waals surface area (Å²) in [7, 11) is 0. The zero-order valence-electron chi connectivity index (χ0n) is 14.0. The van der Waals surface area contributed by atoms with Gasteiger partial charge in [0.1, 0.15) is 0 Å². The van der Waals surface area contributed by atoms with E-state index in [0.29, 0.717) is 5.82 Å². The van der Waals surface area contributed by atoms with Gasteiger partial charge in [0.2, 0.25) is 5.82 Å². The number of rotatable bonds is 6. The van der Waals surface area contributed by atoms with Crippen LogP contribution in [0.25, 0.3) is 10.7 Å². The van der Waals surface area contributed by atoms with Crippen molar-refractivity contribution >= 4 is 28.9 Å². The molecule has 0 atom stereocenters. The number of alkyl halides is 3. The number of benzene rings is 1. The van der Waals surface area contributed by atoms with Gasteiger partial charge < -0.3 is 10.1 Å². The van der Waals surface area contributed by atoms with Gasteiger partial charge in [0.25, 0.3) is 5.91 Å². The topological polar surface area (TPSA) is 99.0 Å². The molecule has 0 saturated heterocycles. The Hall–Kier alpha value is -3.28. The van der Waals surface area contributed by atoms with Gasteiger partial charge in [0.05, 0.1) is 10.4 Å². The number of nitrogens with one attached hydrogen (secondary N) is 1. The van der Waals surface area contributed by atoms with Crippen LogP contribution in [0.5, 0.6) is 0 Å². The monoisotopic (exact) mass is 411 g/mol. The third kappa shape index (κ3) is 5.13. The van der Waals surface area contributed by atoms with Gasteiger partial charge in [-0.25, -0.2) is 4.79 Å². The van der Waals surface area contributed by atoms with Crippen LogP contribution in [0, 0.1) is 0 Å². The first-order chi connectivity index (χ1) is 13.3. The van der Waals surface area contributed by atoms with Crippen molar-refractivity contribution in [2.24, 2.45) is 0 Å². The highest BCUT2D eigenvalue weighted by atomic mass is 32.1. The number of esters is 1. The lowest BCUT2D eigenvalue weighted by atomic mass is 10.2. The number of tetrazole rings is 1. The van der Waals surface area contributed by atoms with Gasteiger partial charge in [0.15, 0.2) is 13.2 Å². The lowest BCUT2D eigenvalue weighted by Gasteiger charge is -2.09. The van der Waals surface area contributed by atoms with Gasteiger partial charge in [-0.2, -0.15) is 18.0 Å². The normalized spacial score (nSPS) is 11.2. The Morgan fingerprint density at radius 3 is 2.57 bits per heavy atom. The van der Waals surface area contributed by atoms with Crippen molar-refractivity contribution in [2.45, 2.75) is 12.7 Å². The fourth-order valence-electron chi connectivity index (χ4n) is 2.06. The van der Waals surface area contributed by atoms with Crippen LogP contribution < -0.4 is 5.32 Å². The van der Waals surface area contributed by atoms with Gasteiger partial charge in [-0.15, -0.1) is 21.5 Å². The van der Waals surface area contributed by atoms with Crippen LogP contribution in [0.15, 0.2) is 41.8 Å². The molecule has 1 aromatic carbocycles. The largest absolute Gasteiger partial charge is 0.454 e. The number of thiophene rings is 1. The second-order valence-electron chi connectivity index (χ2n) is 5.40. The van der Waals surface area contributed by atoms with Gasteiger partial charge in [-0.1, -0.05) is 6.07 Å². The maximum atomic E-state index is 12.5. The minimum absolute atomic E-state index is 0.146. The highest BCUT2D eigenvalue weighted by Crippen LogP contribution is 2.29. The van der Waals surface area contributed by atoms with Crippen molar-refractivity contribution in [3.05, 3.63) is 47.3 Å². The summed E-state index contributed by atoms with van der Waals surface area (Å²) in [6, 6.07) is 7.51. The summed E-state index contributed by atoms with van der Waals surface area (Å²) < 4.78 is 42.3. The van der Waals surface area contributed by atoms with Gasteiger partial charge in [0, 0.05) is 5.69 Å². The first-order valence-corrected chi connectivity index (χ1v) is 8.63. The van der Waals surface area contributed by atoms with E-state index in [1.54, 1.807) is 6.07 Å². The first kappa shape index (κ1) is 19.5. The molecule has 0 aliphatic rings. The number of amides is 1. The lowest BCUT2D eigenvalue weighted by molar-refractivity contribution is -0.148. The second kappa shape index (κ2) is 8.17. The molecule has 0 aliphatic carbocycles. The maximum Gasteiger partial charge on any atom is 0.416 e. The van der Waals surface area contributed by atoms with Crippen LogP contribution in [-0.2, 0) is 27.0 Å². The molecule has 12 heteroatoms. The molecule has 0 fully saturated rings. The average molecular weight is 411 g/mol. The number of hydrogen-bond donors (Lipinski definition) is 1. The van der Waals surface area contributed by atoms with Crippen LogP contribution in [-0.4, -0.2) is 38.7 Å².